The summed E-state index contributed by atoms with van der Waals surface area (Å²) in [4.78, 5) is 23.4. The van der Waals surface area contributed by atoms with Gasteiger partial charge in [0.15, 0.2) is 16.7 Å². The average molecular weight is 458 g/mol. The van der Waals surface area contributed by atoms with Crippen LogP contribution in [0.1, 0.15) is 35.9 Å². The zero-order chi connectivity index (χ0) is 23.3. The number of benzene rings is 2. The number of amidine groups is 1. The highest BCUT2D eigenvalue weighted by atomic mass is 32.2. The first-order chi connectivity index (χ1) is 15.3. The van der Waals surface area contributed by atoms with Gasteiger partial charge in [-0.15, -0.1) is 5.10 Å². The van der Waals surface area contributed by atoms with E-state index in [1.807, 2.05) is 32.0 Å². The molecule has 0 saturated heterocycles. The Morgan fingerprint density at radius 3 is 2.34 bits per heavy atom. The number of rotatable bonds is 7. The highest BCUT2D eigenvalue weighted by Crippen LogP contribution is 2.41. The third-order valence-corrected chi connectivity index (χ3v) is 5.63. The Bertz CT molecular complexity index is 1020. The number of nitrogens with zero attached hydrogens (tertiary/aromatic N) is 2. The van der Waals surface area contributed by atoms with Gasteiger partial charge in [-0.3, -0.25) is 9.59 Å². The van der Waals surface area contributed by atoms with E-state index in [1.54, 1.807) is 19.2 Å². The number of methoxy groups -OCH3 is 1. The molecule has 0 saturated carbocycles. The highest BCUT2D eigenvalue weighted by molar-refractivity contribution is 8.14. The van der Waals surface area contributed by atoms with Crippen LogP contribution in [-0.2, 0) is 9.59 Å². The van der Waals surface area contributed by atoms with E-state index in [2.05, 4.69) is 16.5 Å². The summed E-state index contributed by atoms with van der Waals surface area (Å²) in [5.41, 5.74) is 3.09. The summed E-state index contributed by atoms with van der Waals surface area (Å²) in [6, 6.07) is 11.5. The summed E-state index contributed by atoms with van der Waals surface area (Å²) in [5, 5.41) is 8.14. The molecule has 9 heteroatoms. The van der Waals surface area contributed by atoms with Crippen molar-refractivity contribution in [1.82, 2.24) is 10.3 Å². The van der Waals surface area contributed by atoms with Gasteiger partial charge >= 0.3 is 0 Å². The smallest absolute Gasteiger partial charge is 0.241 e. The van der Waals surface area contributed by atoms with E-state index >= 15 is 0 Å². The molecule has 1 N–H and O–H groups in total. The van der Waals surface area contributed by atoms with Crippen molar-refractivity contribution in [1.29, 1.82) is 0 Å². The van der Waals surface area contributed by atoms with Gasteiger partial charge in [0.25, 0.3) is 0 Å². The number of aryl methyl sites for hydroxylation is 2. The number of hydrogen-bond donors (Lipinski definition) is 1. The van der Waals surface area contributed by atoms with Gasteiger partial charge in [0.2, 0.25) is 11.8 Å². The second-order valence-corrected chi connectivity index (χ2v) is 8.42. The Hall–Kier alpha value is -3.20. The molecule has 2 amide bonds. The molecule has 170 valence electrons. The van der Waals surface area contributed by atoms with Crippen LogP contribution < -0.4 is 19.5 Å². The second-order valence-electron chi connectivity index (χ2n) is 7.35. The van der Waals surface area contributed by atoms with Crippen LogP contribution in [0.5, 0.6) is 17.2 Å². The van der Waals surface area contributed by atoms with E-state index in [9.17, 15) is 9.59 Å². The number of nitrogens with one attached hydrogen (secondary N) is 1. The van der Waals surface area contributed by atoms with Crippen molar-refractivity contribution in [3.63, 3.8) is 0 Å². The van der Waals surface area contributed by atoms with E-state index in [-0.39, 0.29) is 11.8 Å². The average Bonchev–Trinajstić information content (AvgIpc) is 3.14. The van der Waals surface area contributed by atoms with E-state index < -0.39 is 5.37 Å². The highest BCUT2D eigenvalue weighted by Gasteiger charge is 2.32. The number of carbonyl (C=O) groups is 2. The molecule has 1 aliphatic heterocycles. The summed E-state index contributed by atoms with van der Waals surface area (Å²) >= 11 is 1.28. The minimum atomic E-state index is -0.412. The van der Waals surface area contributed by atoms with Gasteiger partial charge in [-0.2, -0.15) is 0 Å². The largest absolute Gasteiger partial charge is 0.493 e. The lowest BCUT2D eigenvalue weighted by Crippen LogP contribution is -2.25. The van der Waals surface area contributed by atoms with Gasteiger partial charge in [0.05, 0.1) is 7.11 Å². The van der Waals surface area contributed by atoms with Crippen molar-refractivity contribution in [2.75, 3.05) is 20.3 Å². The molecule has 1 heterocycles. The van der Waals surface area contributed by atoms with E-state index in [4.69, 9.17) is 14.2 Å². The molecular weight excluding hydrogens is 430 g/mol. The maximum atomic E-state index is 12.0. The molecule has 0 unspecified atom stereocenters. The number of hydrogen-bond acceptors (Lipinski definition) is 7. The van der Waals surface area contributed by atoms with Crippen LogP contribution in [0.3, 0.4) is 0 Å². The number of amides is 2. The van der Waals surface area contributed by atoms with Crippen LogP contribution in [-0.4, -0.2) is 42.3 Å². The van der Waals surface area contributed by atoms with Gasteiger partial charge in [-0.1, -0.05) is 23.9 Å². The Kier molecular flexibility index (Phi) is 7.63. The van der Waals surface area contributed by atoms with Gasteiger partial charge in [0, 0.05) is 13.8 Å². The minimum absolute atomic E-state index is 0.231. The van der Waals surface area contributed by atoms with Crippen molar-refractivity contribution in [2.24, 2.45) is 5.10 Å². The maximum absolute atomic E-state index is 12.0. The topological polar surface area (TPSA) is 89.5 Å². The second kappa shape index (κ2) is 10.4. The van der Waals surface area contributed by atoms with Crippen LogP contribution in [0.4, 0.5) is 0 Å². The molecule has 0 aromatic heterocycles. The number of hydrazone groups is 1. The zero-order valence-electron chi connectivity index (χ0n) is 18.8. The lowest BCUT2D eigenvalue weighted by molar-refractivity contribution is -0.129. The SMILES string of the molecule is COc1cc([C@@H]2SC(NC(C)=O)=NN2C(C)=O)ccc1OCCOc1cc(C)cc(C)c1. The standard InChI is InChI=1S/C23H27N3O5S/c1-14-10-15(2)12-19(11-14)30-8-9-31-20-7-6-18(13-21(20)29-5)22-26(17(4)28)25-23(32-22)24-16(3)27/h6-7,10-13,22H,8-9H2,1-5H3,(H,24,25,27)/t22-/m0/s1. The van der Waals surface area contributed by atoms with E-state index in [1.165, 1.54) is 30.6 Å². The summed E-state index contributed by atoms with van der Waals surface area (Å²) in [6.07, 6.45) is 0. The van der Waals surface area contributed by atoms with Crippen molar-refractivity contribution in [3.8, 4) is 17.2 Å². The van der Waals surface area contributed by atoms with Crippen molar-refractivity contribution >= 4 is 28.7 Å². The maximum Gasteiger partial charge on any atom is 0.241 e. The molecule has 0 spiro atoms. The Morgan fingerprint density at radius 1 is 1.03 bits per heavy atom. The third kappa shape index (κ3) is 5.94. The van der Waals surface area contributed by atoms with Crippen LogP contribution in [0, 0.1) is 13.8 Å². The first kappa shape index (κ1) is 23.5. The van der Waals surface area contributed by atoms with E-state index in [0.717, 1.165) is 22.4 Å². The molecule has 0 radical (unpaired) electrons. The zero-order valence-corrected chi connectivity index (χ0v) is 19.6. The molecular formula is C23H27N3O5S. The first-order valence-corrected chi connectivity index (χ1v) is 11.0. The quantitative estimate of drug-likeness (QED) is 0.637. The lowest BCUT2D eigenvalue weighted by atomic mass is 10.1. The Labute approximate surface area is 191 Å². The van der Waals surface area contributed by atoms with Crippen molar-refractivity contribution in [2.45, 2.75) is 33.1 Å². The van der Waals surface area contributed by atoms with Gasteiger partial charge < -0.3 is 19.5 Å². The molecule has 3 rings (SSSR count). The number of carbonyl (C=O) groups excluding carboxylic acids is 2. The Morgan fingerprint density at radius 2 is 1.72 bits per heavy atom. The van der Waals surface area contributed by atoms with Crippen molar-refractivity contribution < 1.29 is 23.8 Å². The molecule has 1 atom stereocenters. The van der Waals surface area contributed by atoms with E-state index in [0.29, 0.717) is 29.9 Å². The number of ether oxygens (including phenoxy) is 3. The summed E-state index contributed by atoms with van der Waals surface area (Å²) in [5.74, 6) is 1.44. The normalized spacial score (nSPS) is 15.2. The van der Waals surface area contributed by atoms with Gasteiger partial charge in [-0.25, -0.2) is 5.01 Å². The molecule has 0 bridgehead atoms. The number of thioether (sulfide) groups is 1. The molecule has 2 aromatic rings. The monoisotopic (exact) mass is 457 g/mol. The predicted octanol–water partition coefficient (Wildman–Crippen LogP) is 3.77. The molecule has 1 aliphatic rings. The summed E-state index contributed by atoms with van der Waals surface area (Å²) in [6.45, 7) is 7.62. The fourth-order valence-corrected chi connectivity index (χ4v) is 4.39. The fourth-order valence-electron chi connectivity index (χ4n) is 3.26. The summed E-state index contributed by atoms with van der Waals surface area (Å²) in [7, 11) is 1.56. The fraction of sp³-hybridized carbons (Fsp3) is 0.348. The molecule has 0 fully saturated rings. The Balaban J connectivity index is 1.65. The van der Waals surface area contributed by atoms with Gasteiger partial charge in [-0.05, 0) is 54.8 Å². The van der Waals surface area contributed by atoms with Crippen LogP contribution in [0.15, 0.2) is 41.5 Å². The van der Waals surface area contributed by atoms with Crippen LogP contribution in [0.2, 0.25) is 0 Å². The van der Waals surface area contributed by atoms with Crippen molar-refractivity contribution in [3.05, 3.63) is 53.1 Å². The summed E-state index contributed by atoms with van der Waals surface area (Å²) < 4.78 is 17.1. The molecule has 2 aromatic carbocycles. The first-order valence-electron chi connectivity index (χ1n) is 10.1. The molecule has 32 heavy (non-hydrogen) atoms. The van der Waals surface area contributed by atoms with Gasteiger partial charge in [0.1, 0.15) is 24.3 Å². The predicted molar refractivity (Wildman–Crippen MR) is 124 cm³/mol. The minimum Gasteiger partial charge on any atom is -0.493 e. The van der Waals surface area contributed by atoms with Crippen LogP contribution in [0.25, 0.3) is 0 Å². The molecule has 8 nitrogen and oxygen atoms in total. The van der Waals surface area contributed by atoms with Crippen LogP contribution >= 0.6 is 11.8 Å². The lowest BCUT2D eigenvalue weighted by Gasteiger charge is -2.20. The third-order valence-electron chi connectivity index (χ3n) is 4.53. The molecule has 0 aliphatic carbocycles.